The lowest BCUT2D eigenvalue weighted by atomic mass is 10.2. The first-order valence-electron chi connectivity index (χ1n) is 7.71. The topological polar surface area (TPSA) is 86.7 Å². The van der Waals surface area contributed by atoms with Gasteiger partial charge in [-0.05, 0) is 24.3 Å². The number of nitro groups is 1. The van der Waals surface area contributed by atoms with Crippen LogP contribution in [0.15, 0.2) is 41.4 Å². The molecule has 0 saturated carbocycles. The fourth-order valence-electron chi connectivity index (χ4n) is 2.47. The predicted molar refractivity (Wildman–Crippen MR) is 99.6 cm³/mol. The number of rotatable bonds is 5. The van der Waals surface area contributed by atoms with Gasteiger partial charge in [0, 0.05) is 25.8 Å². The number of aromatic nitrogens is 1. The van der Waals surface area contributed by atoms with Crippen molar-refractivity contribution in [2.75, 3.05) is 13.7 Å². The molecular formula is C17H13ClFN3O4S. The van der Waals surface area contributed by atoms with E-state index in [-0.39, 0.29) is 16.3 Å². The van der Waals surface area contributed by atoms with E-state index in [4.69, 9.17) is 16.3 Å². The van der Waals surface area contributed by atoms with Crippen molar-refractivity contribution in [2.45, 2.75) is 6.54 Å². The van der Waals surface area contributed by atoms with E-state index in [1.54, 1.807) is 17.7 Å². The van der Waals surface area contributed by atoms with E-state index >= 15 is 0 Å². The minimum absolute atomic E-state index is 0.0601. The zero-order chi connectivity index (χ0) is 19.6. The first-order valence-corrected chi connectivity index (χ1v) is 8.91. The second-order valence-corrected chi connectivity index (χ2v) is 6.90. The molecule has 0 aliphatic carbocycles. The molecule has 27 heavy (non-hydrogen) atoms. The SMILES string of the molecule is COCCn1c(=NC(=O)c2cc([N+](=O)[O-])ccc2Cl)sc2cc(F)ccc21. The Morgan fingerprint density at radius 1 is 1.37 bits per heavy atom. The molecule has 2 aromatic carbocycles. The number of thiazole rings is 1. The third-order valence-electron chi connectivity index (χ3n) is 3.75. The number of carbonyl (C=O) groups excluding carboxylic acids is 1. The number of ether oxygens (including phenoxy) is 1. The van der Waals surface area contributed by atoms with Gasteiger partial charge < -0.3 is 9.30 Å². The van der Waals surface area contributed by atoms with Gasteiger partial charge in [-0.25, -0.2) is 4.39 Å². The van der Waals surface area contributed by atoms with Crippen molar-refractivity contribution in [3.8, 4) is 0 Å². The lowest BCUT2D eigenvalue weighted by Crippen LogP contribution is -2.19. The Bertz CT molecular complexity index is 1110. The highest BCUT2D eigenvalue weighted by Crippen LogP contribution is 2.23. The van der Waals surface area contributed by atoms with Crippen LogP contribution in [0.3, 0.4) is 0 Å². The van der Waals surface area contributed by atoms with E-state index in [0.29, 0.717) is 28.2 Å². The highest BCUT2D eigenvalue weighted by Gasteiger charge is 2.16. The van der Waals surface area contributed by atoms with Gasteiger partial charge in [0.05, 0.1) is 32.3 Å². The van der Waals surface area contributed by atoms with Gasteiger partial charge in [0.15, 0.2) is 4.80 Å². The average Bonchev–Trinajstić information content (AvgIpc) is 2.95. The first-order chi connectivity index (χ1) is 12.9. The Hall–Kier alpha value is -2.62. The summed E-state index contributed by atoms with van der Waals surface area (Å²) in [5.41, 5.74) is 0.367. The summed E-state index contributed by atoms with van der Waals surface area (Å²) in [7, 11) is 1.54. The van der Waals surface area contributed by atoms with Crippen LogP contribution in [-0.2, 0) is 11.3 Å². The molecule has 3 aromatic rings. The molecule has 0 aliphatic heterocycles. The van der Waals surface area contributed by atoms with E-state index in [1.165, 1.54) is 24.3 Å². The highest BCUT2D eigenvalue weighted by atomic mass is 35.5. The number of benzene rings is 2. The van der Waals surface area contributed by atoms with Gasteiger partial charge >= 0.3 is 0 Å². The van der Waals surface area contributed by atoms with E-state index in [9.17, 15) is 19.3 Å². The molecule has 1 amide bonds. The maximum atomic E-state index is 13.5. The second-order valence-electron chi connectivity index (χ2n) is 5.48. The fourth-order valence-corrected chi connectivity index (χ4v) is 3.75. The third-order valence-corrected chi connectivity index (χ3v) is 5.12. The third kappa shape index (κ3) is 4.05. The number of non-ortho nitro benzene ring substituents is 1. The summed E-state index contributed by atoms with van der Waals surface area (Å²) in [5, 5.41) is 11.0. The minimum atomic E-state index is -0.720. The van der Waals surface area contributed by atoms with Crippen LogP contribution in [0.25, 0.3) is 10.2 Å². The van der Waals surface area contributed by atoms with Gasteiger partial charge in [-0.1, -0.05) is 22.9 Å². The number of fused-ring (bicyclic) bond motifs is 1. The van der Waals surface area contributed by atoms with Crippen LogP contribution in [0.5, 0.6) is 0 Å². The van der Waals surface area contributed by atoms with Crippen molar-refractivity contribution in [1.82, 2.24) is 4.57 Å². The molecule has 3 rings (SSSR count). The number of amides is 1. The first kappa shape index (κ1) is 19.2. The van der Waals surface area contributed by atoms with Crippen LogP contribution >= 0.6 is 22.9 Å². The Labute approximate surface area is 161 Å². The molecule has 1 heterocycles. The highest BCUT2D eigenvalue weighted by molar-refractivity contribution is 7.16. The number of methoxy groups -OCH3 is 1. The van der Waals surface area contributed by atoms with Gasteiger partial charge in [0.25, 0.3) is 11.6 Å². The van der Waals surface area contributed by atoms with Gasteiger partial charge in [-0.15, -0.1) is 0 Å². The molecule has 0 fully saturated rings. The second kappa shape index (κ2) is 7.95. The van der Waals surface area contributed by atoms with Gasteiger partial charge in [0.1, 0.15) is 5.82 Å². The monoisotopic (exact) mass is 409 g/mol. The summed E-state index contributed by atoms with van der Waals surface area (Å²) in [5.74, 6) is -1.12. The molecule has 7 nitrogen and oxygen atoms in total. The van der Waals surface area contributed by atoms with Crippen molar-refractivity contribution in [3.05, 3.63) is 67.7 Å². The Balaban J connectivity index is 2.13. The zero-order valence-corrected chi connectivity index (χ0v) is 15.6. The molecule has 10 heteroatoms. The van der Waals surface area contributed by atoms with Crippen LogP contribution in [0.1, 0.15) is 10.4 Å². The normalized spacial score (nSPS) is 11.9. The number of hydrogen-bond donors (Lipinski definition) is 0. The van der Waals surface area contributed by atoms with Crippen LogP contribution < -0.4 is 4.80 Å². The average molecular weight is 410 g/mol. The van der Waals surface area contributed by atoms with Crippen LogP contribution in [0.4, 0.5) is 10.1 Å². The molecule has 0 aliphatic rings. The van der Waals surface area contributed by atoms with Crippen molar-refractivity contribution in [1.29, 1.82) is 0 Å². The number of hydrogen-bond acceptors (Lipinski definition) is 5. The van der Waals surface area contributed by atoms with Crippen molar-refractivity contribution in [3.63, 3.8) is 0 Å². The fraction of sp³-hybridized carbons (Fsp3) is 0.176. The van der Waals surface area contributed by atoms with Gasteiger partial charge in [-0.2, -0.15) is 4.99 Å². The molecule has 0 spiro atoms. The van der Waals surface area contributed by atoms with E-state index in [2.05, 4.69) is 4.99 Å². The molecule has 0 atom stereocenters. The molecule has 0 radical (unpaired) electrons. The standard InChI is InChI=1S/C17H13ClFN3O4S/c1-26-7-6-21-14-5-2-10(19)8-15(14)27-17(21)20-16(23)12-9-11(22(24)25)3-4-13(12)18/h2-5,8-9H,6-7H2,1H3. The maximum Gasteiger partial charge on any atom is 0.281 e. The van der Waals surface area contributed by atoms with Gasteiger partial charge in [-0.3, -0.25) is 14.9 Å². The summed E-state index contributed by atoms with van der Waals surface area (Å²) in [4.78, 5) is 27.3. The summed E-state index contributed by atoms with van der Waals surface area (Å²) < 4.78 is 20.9. The molecule has 0 bridgehead atoms. The molecule has 140 valence electrons. The Kier molecular flexibility index (Phi) is 5.64. The van der Waals surface area contributed by atoms with Crippen LogP contribution in [0.2, 0.25) is 5.02 Å². The summed E-state index contributed by atoms with van der Waals surface area (Å²) in [6.45, 7) is 0.763. The lowest BCUT2D eigenvalue weighted by Gasteiger charge is -2.04. The van der Waals surface area contributed by atoms with Crippen molar-refractivity contribution in [2.24, 2.45) is 4.99 Å². The smallest absolute Gasteiger partial charge is 0.281 e. The predicted octanol–water partition coefficient (Wildman–Crippen LogP) is 3.79. The zero-order valence-electron chi connectivity index (χ0n) is 14.0. The Morgan fingerprint density at radius 3 is 2.85 bits per heavy atom. The molecule has 0 unspecified atom stereocenters. The van der Waals surface area contributed by atoms with Gasteiger partial charge in [0.2, 0.25) is 0 Å². The van der Waals surface area contributed by atoms with E-state index < -0.39 is 16.6 Å². The van der Waals surface area contributed by atoms with E-state index in [1.807, 2.05) is 0 Å². The Morgan fingerprint density at radius 2 is 2.15 bits per heavy atom. The summed E-state index contributed by atoms with van der Waals surface area (Å²) in [6.07, 6.45) is 0. The lowest BCUT2D eigenvalue weighted by molar-refractivity contribution is -0.384. The number of nitrogens with zero attached hydrogens (tertiary/aromatic N) is 3. The number of carbonyl (C=O) groups is 1. The summed E-state index contributed by atoms with van der Waals surface area (Å²) >= 11 is 7.14. The van der Waals surface area contributed by atoms with Crippen molar-refractivity contribution < 1.29 is 18.8 Å². The minimum Gasteiger partial charge on any atom is -0.383 e. The molecule has 0 saturated heterocycles. The van der Waals surface area contributed by atoms with Crippen molar-refractivity contribution >= 4 is 44.7 Å². The van der Waals surface area contributed by atoms with Crippen LogP contribution in [-0.4, -0.2) is 29.1 Å². The summed E-state index contributed by atoms with van der Waals surface area (Å²) in [6, 6.07) is 7.84. The molecule has 0 N–H and O–H groups in total. The molecular weight excluding hydrogens is 397 g/mol. The molecule has 1 aromatic heterocycles. The largest absolute Gasteiger partial charge is 0.383 e. The van der Waals surface area contributed by atoms with Crippen LogP contribution in [0, 0.1) is 15.9 Å². The maximum absolute atomic E-state index is 13.5. The number of halogens is 2. The number of nitro benzene ring substituents is 1. The quantitative estimate of drug-likeness (QED) is 0.474. The van der Waals surface area contributed by atoms with E-state index in [0.717, 1.165) is 17.4 Å².